The Morgan fingerprint density at radius 3 is 1.57 bits per heavy atom. The van der Waals surface area contributed by atoms with Crippen molar-refractivity contribution in [2.75, 3.05) is 31.9 Å². The van der Waals surface area contributed by atoms with Gasteiger partial charge in [-0.3, -0.25) is 4.55 Å². The summed E-state index contributed by atoms with van der Waals surface area (Å²) in [6, 6.07) is 0. The van der Waals surface area contributed by atoms with Gasteiger partial charge in [0.15, 0.2) is 0 Å². The van der Waals surface area contributed by atoms with E-state index in [1.165, 1.54) is 0 Å². The van der Waals surface area contributed by atoms with Crippen molar-refractivity contribution >= 4 is 10.1 Å². The van der Waals surface area contributed by atoms with Crippen LogP contribution in [0.25, 0.3) is 0 Å². The second-order valence-corrected chi connectivity index (χ2v) is 4.36. The van der Waals surface area contributed by atoms with E-state index < -0.39 is 10.1 Å². The normalized spacial score (nSPS) is 16.1. The average Bonchev–Trinajstić information content (AvgIpc) is 2.06. The van der Waals surface area contributed by atoms with Crippen LogP contribution in [0.1, 0.15) is 13.3 Å². The molecule has 1 heterocycles. The number of rotatable bonds is 2. The third-order valence-electron chi connectivity index (χ3n) is 1.42. The van der Waals surface area contributed by atoms with Crippen LogP contribution in [0.3, 0.4) is 0 Å². The fraction of sp³-hybridized carbons (Fsp3) is 1.00. The van der Waals surface area contributed by atoms with E-state index in [1.807, 2.05) is 0 Å². The summed E-state index contributed by atoms with van der Waals surface area (Å²) in [5, 5.41) is 6.44. The van der Waals surface area contributed by atoms with Crippen molar-refractivity contribution in [3.63, 3.8) is 0 Å². The van der Waals surface area contributed by atoms with Crippen LogP contribution in [0.5, 0.6) is 0 Å². The second kappa shape index (κ2) is 9.35. The third-order valence-corrected chi connectivity index (χ3v) is 2.34. The third kappa shape index (κ3) is 14.3. The largest absolute Gasteiger partial charge is 0.412 e. The van der Waals surface area contributed by atoms with E-state index in [9.17, 15) is 8.42 Å². The molecule has 0 spiro atoms. The van der Waals surface area contributed by atoms with E-state index in [0.29, 0.717) is 6.42 Å². The molecule has 0 aromatic carbocycles. The van der Waals surface area contributed by atoms with Gasteiger partial charge in [0.05, 0.1) is 5.75 Å². The van der Waals surface area contributed by atoms with Crippen LogP contribution in [0.4, 0.5) is 0 Å². The maximum atomic E-state index is 9.79. The highest BCUT2D eigenvalue weighted by Crippen LogP contribution is 1.83. The Morgan fingerprint density at radius 2 is 1.50 bits per heavy atom. The summed E-state index contributed by atoms with van der Waals surface area (Å²) < 4.78 is 27.6. The maximum Gasteiger partial charge on any atom is 0.264 e. The summed E-state index contributed by atoms with van der Waals surface area (Å²) in [5.74, 6) is -0.132. The average molecular weight is 228 g/mol. The predicted octanol–water partition coefficient (Wildman–Crippen LogP) is -1.36. The number of piperazine rings is 1. The van der Waals surface area contributed by atoms with Crippen LogP contribution in [0.2, 0.25) is 0 Å². The molecule has 14 heavy (non-hydrogen) atoms. The molecule has 0 aliphatic carbocycles. The Labute approximate surface area is 85.1 Å². The molecule has 88 valence electrons. The molecular formula is C7H20N2O4S. The lowest BCUT2D eigenvalue weighted by Gasteiger charge is -2.11. The molecular weight excluding hydrogens is 208 g/mol. The van der Waals surface area contributed by atoms with Gasteiger partial charge >= 0.3 is 0 Å². The van der Waals surface area contributed by atoms with Crippen molar-refractivity contribution in [3.8, 4) is 0 Å². The smallest absolute Gasteiger partial charge is 0.264 e. The van der Waals surface area contributed by atoms with Gasteiger partial charge in [0.2, 0.25) is 0 Å². The van der Waals surface area contributed by atoms with Crippen LogP contribution in [0.15, 0.2) is 0 Å². The van der Waals surface area contributed by atoms with E-state index in [1.54, 1.807) is 6.92 Å². The number of hydrogen-bond acceptors (Lipinski definition) is 4. The standard InChI is InChI=1S/C4H10N2.C3H8O3S.H2O/c1-2-6-4-3-5-1;1-2-3-7(4,5)6;/h5-6H,1-4H2;2-3H2,1H3,(H,4,5,6);1H2. The molecule has 7 heteroatoms. The zero-order chi connectivity index (χ0) is 10.2. The van der Waals surface area contributed by atoms with Crippen molar-refractivity contribution in [3.05, 3.63) is 0 Å². The first-order chi connectivity index (χ1) is 6.06. The van der Waals surface area contributed by atoms with E-state index in [2.05, 4.69) is 10.6 Å². The van der Waals surface area contributed by atoms with E-state index in [-0.39, 0.29) is 11.2 Å². The monoisotopic (exact) mass is 228 g/mol. The first kappa shape index (κ1) is 16.2. The predicted molar refractivity (Wildman–Crippen MR) is 56.1 cm³/mol. The van der Waals surface area contributed by atoms with Gasteiger partial charge in [0.1, 0.15) is 0 Å². The first-order valence-electron chi connectivity index (χ1n) is 4.43. The molecule has 0 radical (unpaired) electrons. The van der Waals surface area contributed by atoms with E-state index in [4.69, 9.17) is 4.55 Å². The van der Waals surface area contributed by atoms with Gasteiger partial charge in [-0.25, -0.2) is 0 Å². The van der Waals surface area contributed by atoms with Gasteiger partial charge in [-0.15, -0.1) is 0 Å². The molecule has 6 nitrogen and oxygen atoms in total. The Hall–Kier alpha value is -0.210. The lowest BCUT2D eigenvalue weighted by molar-refractivity contribution is 0.482. The minimum absolute atomic E-state index is 0. The molecule has 0 bridgehead atoms. The molecule has 1 aliphatic heterocycles. The van der Waals surface area contributed by atoms with Gasteiger partial charge in [-0.2, -0.15) is 8.42 Å². The number of hydrogen-bond donors (Lipinski definition) is 3. The molecule has 0 aromatic rings. The van der Waals surface area contributed by atoms with Gasteiger partial charge < -0.3 is 16.1 Å². The van der Waals surface area contributed by atoms with Crippen LogP contribution >= 0.6 is 0 Å². The lowest BCUT2D eigenvalue weighted by Crippen LogP contribution is -2.39. The summed E-state index contributed by atoms with van der Waals surface area (Å²) in [5.41, 5.74) is 0. The summed E-state index contributed by atoms with van der Waals surface area (Å²) in [4.78, 5) is 0. The highest BCUT2D eigenvalue weighted by atomic mass is 32.2. The molecule has 0 atom stereocenters. The van der Waals surface area contributed by atoms with Crippen LogP contribution < -0.4 is 10.6 Å². The summed E-state index contributed by atoms with van der Waals surface area (Å²) in [6.45, 7) is 6.24. The minimum atomic E-state index is -3.67. The van der Waals surface area contributed by atoms with Gasteiger partial charge in [0, 0.05) is 26.2 Å². The van der Waals surface area contributed by atoms with Gasteiger partial charge in [-0.1, -0.05) is 6.92 Å². The van der Waals surface area contributed by atoms with Crippen molar-refractivity contribution in [1.29, 1.82) is 0 Å². The topological polar surface area (TPSA) is 110 Å². The van der Waals surface area contributed by atoms with Crippen molar-refractivity contribution in [1.82, 2.24) is 10.6 Å². The Bertz CT molecular complexity index is 190. The maximum absolute atomic E-state index is 9.79. The van der Waals surface area contributed by atoms with Gasteiger partial charge in [0.25, 0.3) is 10.1 Å². The fourth-order valence-corrected chi connectivity index (χ4v) is 1.38. The molecule has 1 fully saturated rings. The molecule has 1 rings (SSSR count). The lowest BCUT2D eigenvalue weighted by atomic mass is 10.4. The Morgan fingerprint density at radius 1 is 1.14 bits per heavy atom. The second-order valence-electron chi connectivity index (χ2n) is 2.79. The highest BCUT2D eigenvalue weighted by Gasteiger charge is 1.98. The SMILES string of the molecule is C1CNCCN1.CCCS(=O)(=O)O.O. The fourth-order valence-electron chi connectivity index (χ4n) is 0.862. The minimum Gasteiger partial charge on any atom is -0.412 e. The van der Waals surface area contributed by atoms with E-state index in [0.717, 1.165) is 26.2 Å². The Kier molecular flexibility index (Phi) is 10.8. The molecule has 1 aliphatic rings. The Balaban J connectivity index is 0. The molecule has 0 amide bonds. The molecule has 0 aromatic heterocycles. The van der Waals surface area contributed by atoms with Gasteiger partial charge in [-0.05, 0) is 6.42 Å². The quantitative estimate of drug-likeness (QED) is 0.506. The zero-order valence-electron chi connectivity index (χ0n) is 8.41. The van der Waals surface area contributed by atoms with Crippen LogP contribution in [0, 0.1) is 0 Å². The van der Waals surface area contributed by atoms with Crippen LogP contribution in [-0.4, -0.2) is 50.4 Å². The molecule has 0 unspecified atom stereocenters. The molecule has 0 saturated carbocycles. The van der Waals surface area contributed by atoms with Crippen molar-refractivity contribution < 1.29 is 18.4 Å². The summed E-state index contributed by atoms with van der Waals surface area (Å²) in [6.07, 6.45) is 0.471. The van der Waals surface area contributed by atoms with Crippen LogP contribution in [-0.2, 0) is 10.1 Å². The highest BCUT2D eigenvalue weighted by molar-refractivity contribution is 7.85. The summed E-state index contributed by atoms with van der Waals surface area (Å²) >= 11 is 0. The van der Waals surface area contributed by atoms with Crippen molar-refractivity contribution in [2.45, 2.75) is 13.3 Å². The molecule has 1 saturated heterocycles. The number of nitrogens with one attached hydrogen (secondary N) is 2. The first-order valence-corrected chi connectivity index (χ1v) is 6.04. The molecule has 5 N–H and O–H groups in total. The zero-order valence-corrected chi connectivity index (χ0v) is 9.23. The van der Waals surface area contributed by atoms with Crippen molar-refractivity contribution in [2.24, 2.45) is 0 Å². The summed E-state index contributed by atoms with van der Waals surface area (Å²) in [7, 11) is -3.67. The van der Waals surface area contributed by atoms with E-state index >= 15 is 0 Å².